The molecule has 0 aliphatic carbocycles. The third-order valence-electron chi connectivity index (χ3n) is 2.90. The first-order valence-corrected chi connectivity index (χ1v) is 7.18. The molecule has 2 rings (SSSR count). The summed E-state index contributed by atoms with van der Waals surface area (Å²) in [6.45, 7) is 0. The number of hydrogen-bond acceptors (Lipinski definition) is 3. The highest BCUT2D eigenvalue weighted by Gasteiger charge is 2.29. The first-order valence-electron chi connectivity index (χ1n) is 5.35. The maximum Gasteiger partial charge on any atom is 0.163 e. The lowest BCUT2D eigenvalue weighted by Gasteiger charge is -2.05. The van der Waals surface area contributed by atoms with Gasteiger partial charge in [-0.1, -0.05) is 30.3 Å². The Labute approximate surface area is 95.4 Å². The van der Waals surface area contributed by atoms with Gasteiger partial charge in [0.1, 0.15) is 0 Å². The fourth-order valence-corrected chi connectivity index (χ4v) is 3.90. The molecule has 1 fully saturated rings. The number of rotatable bonds is 3. The second-order valence-electron chi connectivity index (χ2n) is 4.26. The van der Waals surface area contributed by atoms with Crippen molar-refractivity contribution in [1.29, 1.82) is 0 Å². The molecule has 1 aliphatic heterocycles. The minimum Gasteiger partial charge on any atom is -0.294 e. The van der Waals surface area contributed by atoms with E-state index in [1.165, 1.54) is 0 Å². The van der Waals surface area contributed by atoms with Crippen LogP contribution in [0.15, 0.2) is 30.3 Å². The predicted octanol–water partition coefficient (Wildman–Crippen LogP) is 1.69. The van der Waals surface area contributed by atoms with Crippen molar-refractivity contribution in [1.82, 2.24) is 0 Å². The molecule has 86 valence electrons. The molecule has 1 aliphatic rings. The van der Waals surface area contributed by atoms with Gasteiger partial charge in [0.2, 0.25) is 0 Å². The topological polar surface area (TPSA) is 51.2 Å². The molecule has 3 nitrogen and oxygen atoms in total. The molecule has 0 saturated carbocycles. The molecule has 1 atom stereocenters. The lowest BCUT2D eigenvalue weighted by atomic mass is 9.98. The van der Waals surface area contributed by atoms with Crippen LogP contribution >= 0.6 is 0 Å². The number of sulfone groups is 1. The second kappa shape index (κ2) is 4.37. The van der Waals surface area contributed by atoms with Crippen molar-refractivity contribution in [3.8, 4) is 0 Å². The smallest absolute Gasteiger partial charge is 0.163 e. The van der Waals surface area contributed by atoms with E-state index in [-0.39, 0.29) is 23.2 Å². The molecule has 0 aromatic heterocycles. The number of benzene rings is 1. The van der Waals surface area contributed by atoms with Crippen LogP contribution in [0.5, 0.6) is 0 Å². The van der Waals surface area contributed by atoms with Gasteiger partial charge in [0.15, 0.2) is 15.6 Å². The molecule has 1 aromatic rings. The minimum atomic E-state index is -2.88. The maximum atomic E-state index is 11.8. The predicted molar refractivity (Wildman–Crippen MR) is 62.2 cm³/mol. The highest BCUT2D eigenvalue weighted by atomic mass is 32.2. The highest BCUT2D eigenvalue weighted by Crippen LogP contribution is 2.23. The van der Waals surface area contributed by atoms with E-state index in [1.807, 2.05) is 18.2 Å². The first-order chi connectivity index (χ1) is 7.57. The average Bonchev–Trinajstić information content (AvgIpc) is 2.59. The summed E-state index contributed by atoms with van der Waals surface area (Å²) in [6.07, 6.45) is 0.976. The van der Waals surface area contributed by atoms with E-state index in [0.29, 0.717) is 18.4 Å². The van der Waals surface area contributed by atoms with Gasteiger partial charge in [-0.3, -0.25) is 4.79 Å². The third kappa shape index (κ3) is 2.70. The normalized spacial score (nSPS) is 23.1. The van der Waals surface area contributed by atoms with Crippen LogP contribution in [0.3, 0.4) is 0 Å². The summed E-state index contributed by atoms with van der Waals surface area (Å²) < 4.78 is 22.5. The van der Waals surface area contributed by atoms with Gasteiger partial charge >= 0.3 is 0 Å². The van der Waals surface area contributed by atoms with Gasteiger partial charge in [-0.05, 0) is 12.3 Å². The molecule has 1 saturated heterocycles. The molecule has 0 N–H and O–H groups in total. The first kappa shape index (κ1) is 11.3. The minimum absolute atomic E-state index is 0.0118. The Morgan fingerprint density at radius 3 is 2.50 bits per heavy atom. The third-order valence-corrected chi connectivity index (χ3v) is 4.73. The summed E-state index contributed by atoms with van der Waals surface area (Å²) in [6, 6.07) is 9.03. The SMILES string of the molecule is O=C(C[C@@H]1CCS(=O)(=O)C1)c1ccccc1. The fourth-order valence-electron chi connectivity index (χ4n) is 2.04. The molecule has 0 spiro atoms. The Bertz CT molecular complexity index is 476. The Morgan fingerprint density at radius 1 is 1.25 bits per heavy atom. The number of hydrogen-bond donors (Lipinski definition) is 0. The second-order valence-corrected chi connectivity index (χ2v) is 6.49. The molecular formula is C12H14O3S. The number of Topliss-reactive ketones (excluding diaryl/α,β-unsaturated/α-hetero) is 1. The Hall–Kier alpha value is -1.16. The molecule has 1 heterocycles. The quantitative estimate of drug-likeness (QED) is 0.753. The summed E-state index contributed by atoms with van der Waals surface area (Å²) in [5.74, 6) is 0.464. The lowest BCUT2D eigenvalue weighted by molar-refractivity contribution is 0.0965. The number of carbonyl (C=O) groups is 1. The molecule has 0 unspecified atom stereocenters. The monoisotopic (exact) mass is 238 g/mol. The van der Waals surface area contributed by atoms with Crippen LogP contribution in [0, 0.1) is 5.92 Å². The molecule has 1 aromatic carbocycles. The largest absolute Gasteiger partial charge is 0.294 e. The summed E-state index contributed by atoms with van der Waals surface area (Å²) in [5, 5.41) is 0. The summed E-state index contributed by atoms with van der Waals surface area (Å²) in [5.41, 5.74) is 0.673. The van der Waals surface area contributed by atoms with E-state index >= 15 is 0 Å². The molecule has 0 bridgehead atoms. The number of ketones is 1. The van der Waals surface area contributed by atoms with Gasteiger partial charge in [0, 0.05) is 12.0 Å². The molecular weight excluding hydrogens is 224 g/mol. The maximum absolute atomic E-state index is 11.8. The van der Waals surface area contributed by atoms with Gasteiger partial charge in [-0.25, -0.2) is 8.42 Å². The van der Waals surface area contributed by atoms with Crippen LogP contribution in [0.25, 0.3) is 0 Å². The van der Waals surface area contributed by atoms with E-state index in [1.54, 1.807) is 12.1 Å². The van der Waals surface area contributed by atoms with Gasteiger partial charge < -0.3 is 0 Å². The van der Waals surface area contributed by atoms with Crippen molar-refractivity contribution in [2.24, 2.45) is 5.92 Å². The Morgan fingerprint density at radius 2 is 1.94 bits per heavy atom. The summed E-state index contributed by atoms with van der Waals surface area (Å²) >= 11 is 0. The van der Waals surface area contributed by atoms with Gasteiger partial charge in [0.25, 0.3) is 0 Å². The van der Waals surface area contributed by atoms with E-state index in [0.717, 1.165) is 0 Å². The Balaban J connectivity index is 1.99. The summed E-state index contributed by atoms with van der Waals surface area (Å²) in [4.78, 5) is 11.8. The molecule has 0 amide bonds. The van der Waals surface area contributed by atoms with Crippen LogP contribution in [0.2, 0.25) is 0 Å². The van der Waals surface area contributed by atoms with Crippen molar-refractivity contribution in [2.45, 2.75) is 12.8 Å². The van der Waals surface area contributed by atoms with E-state index < -0.39 is 9.84 Å². The van der Waals surface area contributed by atoms with Crippen LogP contribution in [-0.2, 0) is 9.84 Å². The zero-order valence-electron chi connectivity index (χ0n) is 8.93. The van der Waals surface area contributed by atoms with Crippen molar-refractivity contribution >= 4 is 15.6 Å². The van der Waals surface area contributed by atoms with Crippen LogP contribution in [0.1, 0.15) is 23.2 Å². The highest BCUT2D eigenvalue weighted by molar-refractivity contribution is 7.91. The van der Waals surface area contributed by atoms with E-state index in [9.17, 15) is 13.2 Å². The lowest BCUT2D eigenvalue weighted by Crippen LogP contribution is -2.10. The standard InChI is InChI=1S/C12H14O3S/c13-12(11-4-2-1-3-5-11)8-10-6-7-16(14,15)9-10/h1-5,10H,6-9H2/t10-/m0/s1. The van der Waals surface area contributed by atoms with E-state index in [4.69, 9.17) is 0 Å². The zero-order valence-corrected chi connectivity index (χ0v) is 9.74. The van der Waals surface area contributed by atoms with Crippen molar-refractivity contribution in [3.63, 3.8) is 0 Å². The van der Waals surface area contributed by atoms with Crippen LogP contribution in [0.4, 0.5) is 0 Å². The Kier molecular flexibility index (Phi) is 3.10. The van der Waals surface area contributed by atoms with Gasteiger partial charge in [-0.2, -0.15) is 0 Å². The summed E-state index contributed by atoms with van der Waals surface area (Å²) in [7, 11) is -2.88. The van der Waals surface area contributed by atoms with Gasteiger partial charge in [-0.15, -0.1) is 0 Å². The average molecular weight is 238 g/mol. The zero-order chi connectivity index (χ0) is 11.6. The molecule has 16 heavy (non-hydrogen) atoms. The fraction of sp³-hybridized carbons (Fsp3) is 0.417. The molecule has 4 heteroatoms. The molecule has 0 radical (unpaired) electrons. The van der Waals surface area contributed by atoms with Crippen molar-refractivity contribution in [3.05, 3.63) is 35.9 Å². The van der Waals surface area contributed by atoms with Crippen molar-refractivity contribution in [2.75, 3.05) is 11.5 Å². The van der Waals surface area contributed by atoms with Crippen LogP contribution < -0.4 is 0 Å². The van der Waals surface area contributed by atoms with Crippen molar-refractivity contribution < 1.29 is 13.2 Å². The van der Waals surface area contributed by atoms with Gasteiger partial charge in [0.05, 0.1) is 11.5 Å². The van der Waals surface area contributed by atoms with E-state index in [2.05, 4.69) is 0 Å². The number of carbonyl (C=O) groups excluding carboxylic acids is 1. The van der Waals surface area contributed by atoms with Crippen LogP contribution in [-0.4, -0.2) is 25.7 Å².